The van der Waals surface area contributed by atoms with Crippen molar-refractivity contribution in [3.05, 3.63) is 17.5 Å². The molecule has 1 saturated heterocycles. The van der Waals surface area contributed by atoms with Gasteiger partial charge in [0.05, 0.1) is 5.69 Å². The number of piperidine rings is 1. The maximum Gasteiger partial charge on any atom is 0.292 e. The Hall–Kier alpha value is -1.46. The highest BCUT2D eigenvalue weighted by Gasteiger charge is 2.36. The third-order valence-corrected chi connectivity index (χ3v) is 2.62. The van der Waals surface area contributed by atoms with E-state index >= 15 is 0 Å². The lowest BCUT2D eigenvalue weighted by Gasteiger charge is -2.30. The van der Waals surface area contributed by atoms with Gasteiger partial charge in [0, 0.05) is 32.0 Å². The molecule has 0 N–H and O–H groups in total. The first kappa shape index (κ1) is 11.0. The molecule has 0 saturated carbocycles. The normalized spacial score (nSPS) is 19.8. The number of carbonyl (C=O) groups is 1. The van der Waals surface area contributed by atoms with E-state index in [-0.39, 0.29) is 37.6 Å². The lowest BCUT2D eigenvalue weighted by Crippen LogP contribution is -2.42. The highest BCUT2D eigenvalue weighted by molar-refractivity contribution is 5.91. The molecule has 0 atom stereocenters. The Morgan fingerprint density at radius 3 is 2.62 bits per heavy atom. The quantitative estimate of drug-likeness (QED) is 0.739. The highest BCUT2D eigenvalue weighted by atomic mass is 19.3. The number of carbonyl (C=O) groups excluding carboxylic acids is 1. The van der Waals surface area contributed by atoms with Crippen LogP contribution < -0.4 is 0 Å². The molecular weight excluding hydrogens is 218 g/mol. The largest absolute Gasteiger partial charge is 0.351 e. The van der Waals surface area contributed by atoms with Gasteiger partial charge in [-0.25, -0.2) is 8.78 Å². The molecule has 0 spiro atoms. The minimum Gasteiger partial charge on any atom is -0.351 e. The van der Waals surface area contributed by atoms with Crippen LogP contribution >= 0.6 is 0 Å². The SMILES string of the molecule is Cc1cc(C(=O)N2CCC(F)(F)CC2)on1. The minimum absolute atomic E-state index is 0.0611. The molecule has 1 aliphatic heterocycles. The zero-order valence-corrected chi connectivity index (χ0v) is 8.87. The van der Waals surface area contributed by atoms with Crippen LogP contribution in [0.25, 0.3) is 0 Å². The lowest BCUT2D eigenvalue weighted by molar-refractivity contribution is -0.0499. The Morgan fingerprint density at radius 2 is 2.12 bits per heavy atom. The average Bonchev–Trinajstić information content (AvgIpc) is 2.64. The smallest absolute Gasteiger partial charge is 0.292 e. The number of rotatable bonds is 1. The molecule has 0 aromatic carbocycles. The van der Waals surface area contributed by atoms with E-state index in [0.29, 0.717) is 5.69 Å². The zero-order chi connectivity index (χ0) is 11.8. The fraction of sp³-hybridized carbons (Fsp3) is 0.600. The minimum atomic E-state index is -2.64. The number of amides is 1. The monoisotopic (exact) mass is 230 g/mol. The lowest BCUT2D eigenvalue weighted by atomic mass is 10.1. The number of aryl methyl sites for hydroxylation is 1. The molecule has 1 aromatic heterocycles. The predicted molar refractivity (Wildman–Crippen MR) is 51.3 cm³/mol. The summed E-state index contributed by atoms with van der Waals surface area (Å²) in [5, 5.41) is 3.59. The molecule has 1 aromatic rings. The van der Waals surface area contributed by atoms with E-state index in [2.05, 4.69) is 5.16 Å². The third kappa shape index (κ3) is 2.20. The predicted octanol–water partition coefficient (Wildman–Crippen LogP) is 1.85. The van der Waals surface area contributed by atoms with Crippen LogP contribution in [-0.4, -0.2) is 35.0 Å². The summed E-state index contributed by atoms with van der Waals surface area (Å²) >= 11 is 0. The number of hydrogen-bond acceptors (Lipinski definition) is 3. The van der Waals surface area contributed by atoms with Crippen molar-refractivity contribution in [3.8, 4) is 0 Å². The fourth-order valence-corrected chi connectivity index (χ4v) is 1.66. The summed E-state index contributed by atoms with van der Waals surface area (Å²) in [5.41, 5.74) is 0.602. The Kier molecular flexibility index (Phi) is 2.65. The first-order chi connectivity index (χ1) is 7.48. The summed E-state index contributed by atoms with van der Waals surface area (Å²) in [7, 11) is 0. The summed E-state index contributed by atoms with van der Waals surface area (Å²) in [6.07, 6.45) is -0.572. The average molecular weight is 230 g/mol. The number of hydrogen-bond donors (Lipinski definition) is 0. The van der Waals surface area contributed by atoms with Crippen molar-refractivity contribution in [1.29, 1.82) is 0 Å². The van der Waals surface area contributed by atoms with Gasteiger partial charge in [0.25, 0.3) is 11.8 Å². The van der Waals surface area contributed by atoms with Crippen molar-refractivity contribution in [2.45, 2.75) is 25.7 Å². The van der Waals surface area contributed by atoms with Gasteiger partial charge in [-0.15, -0.1) is 0 Å². The summed E-state index contributed by atoms with van der Waals surface area (Å²) in [6, 6.07) is 1.51. The van der Waals surface area contributed by atoms with E-state index < -0.39 is 5.92 Å². The first-order valence-corrected chi connectivity index (χ1v) is 5.08. The van der Waals surface area contributed by atoms with Crippen molar-refractivity contribution < 1.29 is 18.1 Å². The molecule has 0 aliphatic carbocycles. The molecule has 2 rings (SSSR count). The maximum absolute atomic E-state index is 12.9. The fourth-order valence-electron chi connectivity index (χ4n) is 1.66. The van der Waals surface area contributed by atoms with Crippen molar-refractivity contribution in [2.75, 3.05) is 13.1 Å². The van der Waals surface area contributed by atoms with Gasteiger partial charge in [-0.05, 0) is 6.92 Å². The molecule has 2 heterocycles. The number of likely N-dealkylation sites (tertiary alicyclic amines) is 1. The molecule has 1 fully saturated rings. The molecular formula is C10H12F2N2O2. The van der Waals surface area contributed by atoms with Gasteiger partial charge in [-0.3, -0.25) is 4.79 Å². The Labute approximate surface area is 91.2 Å². The van der Waals surface area contributed by atoms with Crippen LogP contribution in [0.2, 0.25) is 0 Å². The van der Waals surface area contributed by atoms with E-state index in [4.69, 9.17) is 4.52 Å². The van der Waals surface area contributed by atoms with E-state index in [0.717, 1.165) is 0 Å². The van der Waals surface area contributed by atoms with Crippen LogP contribution in [0.1, 0.15) is 29.1 Å². The molecule has 1 amide bonds. The number of halogens is 2. The van der Waals surface area contributed by atoms with Crippen molar-refractivity contribution in [2.24, 2.45) is 0 Å². The van der Waals surface area contributed by atoms with Crippen LogP contribution in [0, 0.1) is 6.92 Å². The Bertz CT molecular complexity index is 393. The second kappa shape index (κ2) is 3.84. The number of alkyl halides is 2. The molecule has 88 valence electrons. The maximum atomic E-state index is 12.9. The van der Waals surface area contributed by atoms with Crippen LogP contribution in [0.5, 0.6) is 0 Å². The van der Waals surface area contributed by atoms with Gasteiger partial charge >= 0.3 is 0 Å². The summed E-state index contributed by atoms with van der Waals surface area (Å²) in [6.45, 7) is 1.82. The van der Waals surface area contributed by atoms with Crippen LogP contribution in [-0.2, 0) is 0 Å². The van der Waals surface area contributed by atoms with E-state index in [9.17, 15) is 13.6 Å². The van der Waals surface area contributed by atoms with Crippen LogP contribution in [0.3, 0.4) is 0 Å². The molecule has 0 unspecified atom stereocenters. The third-order valence-electron chi connectivity index (χ3n) is 2.62. The van der Waals surface area contributed by atoms with E-state index in [1.165, 1.54) is 11.0 Å². The van der Waals surface area contributed by atoms with Crippen molar-refractivity contribution in [3.63, 3.8) is 0 Å². The van der Waals surface area contributed by atoms with Gasteiger partial charge in [-0.1, -0.05) is 5.16 Å². The number of aromatic nitrogens is 1. The van der Waals surface area contributed by atoms with Crippen LogP contribution in [0.4, 0.5) is 8.78 Å². The molecule has 16 heavy (non-hydrogen) atoms. The second-order valence-corrected chi connectivity index (χ2v) is 3.98. The highest BCUT2D eigenvalue weighted by Crippen LogP contribution is 2.28. The van der Waals surface area contributed by atoms with Gasteiger partial charge in [-0.2, -0.15) is 0 Å². The molecule has 0 bridgehead atoms. The van der Waals surface area contributed by atoms with Gasteiger partial charge < -0.3 is 9.42 Å². The van der Waals surface area contributed by atoms with E-state index in [1.807, 2.05) is 0 Å². The Morgan fingerprint density at radius 1 is 1.50 bits per heavy atom. The topological polar surface area (TPSA) is 46.3 Å². The van der Waals surface area contributed by atoms with Crippen LogP contribution in [0.15, 0.2) is 10.6 Å². The zero-order valence-electron chi connectivity index (χ0n) is 8.87. The first-order valence-electron chi connectivity index (χ1n) is 5.08. The van der Waals surface area contributed by atoms with Crippen molar-refractivity contribution >= 4 is 5.91 Å². The summed E-state index contributed by atoms with van der Waals surface area (Å²) < 4.78 is 30.6. The standard InChI is InChI=1S/C10H12F2N2O2/c1-7-6-8(16-13-7)9(15)14-4-2-10(11,12)3-5-14/h6H,2-5H2,1H3. The van der Waals surface area contributed by atoms with Crippen molar-refractivity contribution in [1.82, 2.24) is 10.1 Å². The molecule has 0 radical (unpaired) electrons. The van der Waals surface area contributed by atoms with E-state index in [1.54, 1.807) is 6.92 Å². The summed E-state index contributed by atoms with van der Waals surface area (Å²) in [4.78, 5) is 13.1. The molecule has 6 heteroatoms. The molecule has 4 nitrogen and oxygen atoms in total. The number of nitrogens with zero attached hydrogens (tertiary/aromatic N) is 2. The van der Waals surface area contributed by atoms with Gasteiger partial charge in [0.15, 0.2) is 0 Å². The summed E-state index contributed by atoms with van der Waals surface area (Å²) in [5.74, 6) is -2.90. The second-order valence-electron chi connectivity index (χ2n) is 3.98. The molecule has 1 aliphatic rings. The Balaban J connectivity index is 2.02. The van der Waals surface area contributed by atoms with Gasteiger partial charge in [0.2, 0.25) is 5.76 Å². The van der Waals surface area contributed by atoms with Gasteiger partial charge in [0.1, 0.15) is 0 Å².